The Morgan fingerprint density at radius 1 is 0.259 bits per heavy atom. The second-order valence-corrected chi connectivity index (χ2v) is 23.1. The molecule has 0 aliphatic rings. The van der Waals surface area contributed by atoms with Gasteiger partial charge in [-0.25, -0.2) is 0 Å². The standard InChI is InChI=1S/C75H130O6/c1-4-7-10-13-16-19-22-25-28-30-32-33-34-35-36-37-38-39-40-41-43-44-47-50-53-56-59-62-65-68-74(77)80-71-72(70-79-73(76)67-64-61-58-55-52-49-46-27-24-21-18-15-12-9-6-3)81-75(78)69-66-63-60-57-54-51-48-45-42-31-29-26-23-20-17-14-11-8-5-2/h9,12,17-18,20-22,25-27,29-30,32,42,45-46,72H,4-8,10-11,13-16,19,23-24,28,31,33-41,43-44,47-71H2,1-3H3/b12-9-,20-17-,21-18-,25-22-,29-26-,32-30-,45-42-,46-27-. The summed E-state index contributed by atoms with van der Waals surface area (Å²) in [5.74, 6) is -0.904. The van der Waals surface area contributed by atoms with E-state index in [4.69, 9.17) is 14.2 Å². The highest BCUT2D eigenvalue weighted by atomic mass is 16.6. The summed E-state index contributed by atoms with van der Waals surface area (Å²) in [5.41, 5.74) is 0. The lowest BCUT2D eigenvalue weighted by atomic mass is 10.0. The zero-order valence-electron chi connectivity index (χ0n) is 53.5. The van der Waals surface area contributed by atoms with Crippen molar-refractivity contribution in [3.05, 3.63) is 97.2 Å². The summed E-state index contributed by atoms with van der Waals surface area (Å²) < 4.78 is 17.0. The van der Waals surface area contributed by atoms with Gasteiger partial charge in [0.1, 0.15) is 13.2 Å². The smallest absolute Gasteiger partial charge is 0.306 e. The van der Waals surface area contributed by atoms with Crippen LogP contribution in [0.4, 0.5) is 0 Å². The van der Waals surface area contributed by atoms with Crippen LogP contribution in [0.25, 0.3) is 0 Å². The molecular weight excluding hydrogens is 997 g/mol. The van der Waals surface area contributed by atoms with E-state index in [9.17, 15) is 14.4 Å². The fourth-order valence-corrected chi connectivity index (χ4v) is 9.85. The maximum absolute atomic E-state index is 12.9. The fourth-order valence-electron chi connectivity index (χ4n) is 9.85. The minimum atomic E-state index is -0.794. The number of carbonyl (C=O) groups excluding carboxylic acids is 3. The Balaban J connectivity index is 4.29. The van der Waals surface area contributed by atoms with Crippen LogP contribution in [-0.4, -0.2) is 37.2 Å². The maximum Gasteiger partial charge on any atom is 0.306 e. The predicted molar refractivity (Wildman–Crippen MR) is 353 cm³/mol. The Labute approximate surface area is 502 Å². The molecule has 0 rings (SSSR count). The number of rotatable bonds is 63. The van der Waals surface area contributed by atoms with Crippen molar-refractivity contribution in [3.63, 3.8) is 0 Å². The number of allylic oxidation sites excluding steroid dienone is 16. The second-order valence-electron chi connectivity index (χ2n) is 23.1. The lowest BCUT2D eigenvalue weighted by molar-refractivity contribution is -0.167. The lowest BCUT2D eigenvalue weighted by Gasteiger charge is -2.18. The van der Waals surface area contributed by atoms with E-state index in [2.05, 4.69) is 118 Å². The van der Waals surface area contributed by atoms with Crippen molar-refractivity contribution in [1.29, 1.82) is 0 Å². The summed E-state index contributed by atoms with van der Waals surface area (Å²) in [7, 11) is 0. The van der Waals surface area contributed by atoms with Crippen molar-refractivity contribution >= 4 is 17.9 Å². The van der Waals surface area contributed by atoms with Gasteiger partial charge in [-0.1, -0.05) is 298 Å². The van der Waals surface area contributed by atoms with Gasteiger partial charge in [0.25, 0.3) is 0 Å². The Hall–Kier alpha value is -3.67. The molecule has 0 saturated heterocycles. The van der Waals surface area contributed by atoms with Crippen molar-refractivity contribution in [2.45, 2.75) is 348 Å². The van der Waals surface area contributed by atoms with E-state index in [1.54, 1.807) is 0 Å². The van der Waals surface area contributed by atoms with Crippen LogP contribution in [0, 0.1) is 0 Å². The Bertz CT molecular complexity index is 1580. The van der Waals surface area contributed by atoms with E-state index in [0.717, 1.165) is 128 Å². The molecule has 0 heterocycles. The molecule has 1 atom stereocenters. The molecule has 0 amide bonds. The van der Waals surface area contributed by atoms with E-state index >= 15 is 0 Å². The third-order valence-corrected chi connectivity index (χ3v) is 15.0. The SMILES string of the molecule is CC/C=C\C/C=C\C/C=C\CCCCCCCC(=O)OCC(COC(=O)CCCCCCCCCCCCCCCCCCC/C=C\C/C=C\CCCCCCC)OC(=O)CCCCCCCC/C=C\C/C=C\C/C=C\CCCCC. The van der Waals surface area contributed by atoms with Crippen LogP contribution in [0.3, 0.4) is 0 Å². The molecule has 0 bridgehead atoms. The van der Waals surface area contributed by atoms with E-state index in [1.165, 1.54) is 173 Å². The van der Waals surface area contributed by atoms with Gasteiger partial charge in [0.15, 0.2) is 6.10 Å². The molecule has 0 aromatic carbocycles. The first-order valence-electron chi connectivity index (χ1n) is 34.7. The minimum Gasteiger partial charge on any atom is -0.462 e. The molecule has 0 aromatic heterocycles. The molecule has 0 N–H and O–H groups in total. The molecule has 0 aromatic rings. The molecule has 466 valence electrons. The van der Waals surface area contributed by atoms with Crippen LogP contribution in [-0.2, 0) is 28.6 Å². The topological polar surface area (TPSA) is 78.9 Å². The number of hydrogen-bond donors (Lipinski definition) is 0. The summed E-state index contributed by atoms with van der Waals surface area (Å²) >= 11 is 0. The molecule has 0 fully saturated rings. The average molecular weight is 1130 g/mol. The molecule has 81 heavy (non-hydrogen) atoms. The number of ether oxygens (including phenoxy) is 3. The largest absolute Gasteiger partial charge is 0.462 e. The summed E-state index contributed by atoms with van der Waals surface area (Å²) in [6.45, 7) is 6.50. The highest BCUT2D eigenvalue weighted by Crippen LogP contribution is 2.17. The highest BCUT2D eigenvalue weighted by molar-refractivity contribution is 5.71. The summed E-state index contributed by atoms with van der Waals surface area (Å²) in [5, 5.41) is 0. The highest BCUT2D eigenvalue weighted by Gasteiger charge is 2.19. The van der Waals surface area contributed by atoms with Gasteiger partial charge in [-0.2, -0.15) is 0 Å². The number of esters is 3. The number of carbonyl (C=O) groups is 3. The molecule has 1 unspecified atom stereocenters. The van der Waals surface area contributed by atoms with Crippen LogP contribution < -0.4 is 0 Å². The van der Waals surface area contributed by atoms with Gasteiger partial charge < -0.3 is 14.2 Å². The van der Waals surface area contributed by atoms with Gasteiger partial charge >= 0.3 is 17.9 Å². The first kappa shape index (κ1) is 77.3. The molecule has 6 nitrogen and oxygen atoms in total. The Morgan fingerprint density at radius 2 is 0.481 bits per heavy atom. The van der Waals surface area contributed by atoms with Gasteiger partial charge in [0.05, 0.1) is 0 Å². The molecule has 0 aliphatic heterocycles. The number of unbranched alkanes of at least 4 members (excludes halogenated alkanes) is 36. The van der Waals surface area contributed by atoms with Crippen LogP contribution in [0.2, 0.25) is 0 Å². The van der Waals surface area contributed by atoms with Gasteiger partial charge in [-0.3, -0.25) is 14.4 Å². The molecule has 6 heteroatoms. The Kier molecular flexibility index (Phi) is 65.7. The number of hydrogen-bond acceptors (Lipinski definition) is 6. The summed E-state index contributed by atoms with van der Waals surface area (Å²) in [4.78, 5) is 38.4. The first-order chi connectivity index (χ1) is 40.0. The lowest BCUT2D eigenvalue weighted by Crippen LogP contribution is -2.30. The van der Waals surface area contributed by atoms with E-state index in [0.29, 0.717) is 19.3 Å². The van der Waals surface area contributed by atoms with Gasteiger partial charge in [-0.05, 0) is 122 Å². The molecule has 0 aliphatic carbocycles. The fraction of sp³-hybridized carbons (Fsp3) is 0.747. The van der Waals surface area contributed by atoms with Gasteiger partial charge in [-0.15, -0.1) is 0 Å². The zero-order chi connectivity index (χ0) is 58.5. The summed E-state index contributed by atoms with van der Waals surface area (Å²) in [6.07, 6.45) is 92.9. The first-order valence-corrected chi connectivity index (χ1v) is 34.7. The molecule has 0 radical (unpaired) electrons. The van der Waals surface area contributed by atoms with Crippen molar-refractivity contribution in [1.82, 2.24) is 0 Å². The van der Waals surface area contributed by atoms with Gasteiger partial charge in [0, 0.05) is 19.3 Å². The summed E-state index contributed by atoms with van der Waals surface area (Å²) in [6, 6.07) is 0. The second kappa shape index (κ2) is 68.8. The zero-order valence-corrected chi connectivity index (χ0v) is 53.5. The molecular formula is C75H130O6. The third kappa shape index (κ3) is 67.0. The van der Waals surface area contributed by atoms with E-state index < -0.39 is 6.10 Å². The predicted octanol–water partition coefficient (Wildman–Crippen LogP) is 24.0. The molecule has 0 spiro atoms. The van der Waals surface area contributed by atoms with Crippen molar-refractivity contribution in [2.24, 2.45) is 0 Å². The van der Waals surface area contributed by atoms with Crippen LogP contribution in [0.1, 0.15) is 342 Å². The Morgan fingerprint density at radius 3 is 0.778 bits per heavy atom. The van der Waals surface area contributed by atoms with Crippen LogP contribution >= 0.6 is 0 Å². The van der Waals surface area contributed by atoms with E-state index in [-0.39, 0.29) is 31.1 Å². The normalized spacial score (nSPS) is 12.7. The third-order valence-electron chi connectivity index (χ3n) is 15.0. The van der Waals surface area contributed by atoms with Crippen LogP contribution in [0.15, 0.2) is 97.2 Å². The van der Waals surface area contributed by atoms with Crippen molar-refractivity contribution < 1.29 is 28.6 Å². The van der Waals surface area contributed by atoms with Gasteiger partial charge in [0.2, 0.25) is 0 Å². The average Bonchev–Trinajstić information content (AvgIpc) is 3.47. The van der Waals surface area contributed by atoms with Crippen LogP contribution in [0.5, 0.6) is 0 Å². The van der Waals surface area contributed by atoms with Crippen molar-refractivity contribution in [3.8, 4) is 0 Å². The van der Waals surface area contributed by atoms with Crippen molar-refractivity contribution in [2.75, 3.05) is 13.2 Å². The maximum atomic E-state index is 12.9. The monoisotopic (exact) mass is 1130 g/mol. The van der Waals surface area contributed by atoms with E-state index in [1.807, 2.05) is 0 Å². The minimum absolute atomic E-state index is 0.0868. The molecule has 0 saturated carbocycles. The quantitative estimate of drug-likeness (QED) is 0.0261.